The van der Waals surface area contributed by atoms with Crippen molar-refractivity contribution in [3.8, 4) is 11.4 Å². The Morgan fingerprint density at radius 1 is 0.472 bits per heavy atom. The fourth-order valence-electron chi connectivity index (χ4n) is 11.7. The van der Waals surface area contributed by atoms with Gasteiger partial charge in [-0.05, 0) is 129 Å². The molecule has 0 aliphatic heterocycles. The second-order valence-electron chi connectivity index (χ2n) is 27.3. The first-order valence-corrected chi connectivity index (χ1v) is 36.7. The van der Waals surface area contributed by atoms with Crippen molar-refractivity contribution in [2.75, 3.05) is 169 Å². The molecule has 0 bridgehead atoms. The number of ketones is 2. The molecule has 2 aliphatic rings. The van der Waals surface area contributed by atoms with Gasteiger partial charge in [0.2, 0.25) is 0 Å². The average Bonchev–Trinajstić information content (AvgIpc) is 1.61. The van der Waals surface area contributed by atoms with Crippen molar-refractivity contribution in [1.29, 1.82) is 0 Å². The van der Waals surface area contributed by atoms with Gasteiger partial charge in [-0.15, -0.1) is 0 Å². The number of aryl methyl sites for hydroxylation is 2. The van der Waals surface area contributed by atoms with Gasteiger partial charge in [-0.2, -0.15) is 10.2 Å². The fraction of sp³-hybridized carbons (Fsp3) is 0.526. The van der Waals surface area contributed by atoms with Crippen molar-refractivity contribution < 1.29 is 96.2 Å². The lowest BCUT2D eigenvalue weighted by atomic mass is 9.75. The SMILES string of the molecule is Cc1nn(-c2ccc(C(N)=O)c(NCCCOCCOCCOCCOCCOCCCN)c2)c2c1C(=O)CC(C)(C)C2.Cc1nn(-c2ccc(C(N)=O)c(NCCCOCCOCCOCCOCCOCCCNC(=O)c3ccc(B(O)O)cc3)c2)c2c1C(=O)CC(C)(C)C2.O=Cc1ccc(B(O)O)cc1. The zero-order valence-electron chi connectivity index (χ0n) is 63.3. The number of fused-ring (bicyclic) bond motifs is 2. The lowest BCUT2D eigenvalue weighted by Gasteiger charge is -2.29. The number of ether oxygens (including phenoxy) is 10. The number of nitrogens with one attached hydrogen (secondary N) is 3. The third-order valence-corrected chi connectivity index (χ3v) is 17.1. The third-order valence-electron chi connectivity index (χ3n) is 17.1. The molecule has 0 saturated heterocycles. The predicted molar refractivity (Wildman–Crippen MR) is 409 cm³/mol. The minimum atomic E-state index is -1.56. The second kappa shape index (κ2) is 47.7. The van der Waals surface area contributed by atoms with Gasteiger partial charge in [-0.25, -0.2) is 9.36 Å². The Balaban J connectivity index is 0.000000300. The van der Waals surface area contributed by atoms with Crippen LogP contribution in [0.3, 0.4) is 0 Å². The fourth-order valence-corrected chi connectivity index (χ4v) is 11.7. The first-order chi connectivity index (χ1) is 51.9. The smallest absolute Gasteiger partial charge is 0.423 e. The summed E-state index contributed by atoms with van der Waals surface area (Å²) in [5, 5.41) is 54.3. The molecule has 0 spiro atoms. The summed E-state index contributed by atoms with van der Waals surface area (Å²) in [5.41, 5.74) is 26.3. The number of nitrogens with two attached hydrogens (primary N) is 3. The van der Waals surface area contributed by atoms with E-state index in [4.69, 9.17) is 84.7 Å². The number of hydrogen-bond acceptors (Lipinski definition) is 25. The topological polar surface area (TPSA) is 425 Å². The summed E-state index contributed by atoms with van der Waals surface area (Å²) >= 11 is 0. The minimum absolute atomic E-state index is 0.111. The molecule has 2 heterocycles. The molecule has 4 aromatic carbocycles. The van der Waals surface area contributed by atoms with Crippen LogP contribution in [0.2, 0.25) is 0 Å². The summed E-state index contributed by atoms with van der Waals surface area (Å²) in [6.45, 7) is 24.1. The lowest BCUT2D eigenvalue weighted by Crippen LogP contribution is -2.30. The number of aromatic nitrogens is 4. The van der Waals surface area contributed by atoms with E-state index in [2.05, 4.69) is 53.8 Å². The molecule has 32 heteroatoms. The molecule has 590 valence electrons. The molecule has 13 N–H and O–H groups in total. The van der Waals surface area contributed by atoms with Gasteiger partial charge in [0.05, 0.1) is 162 Å². The van der Waals surface area contributed by atoms with Crippen LogP contribution in [0.5, 0.6) is 0 Å². The number of anilines is 2. The van der Waals surface area contributed by atoms with Crippen LogP contribution in [-0.2, 0) is 60.2 Å². The van der Waals surface area contributed by atoms with Crippen LogP contribution < -0.4 is 44.1 Å². The molecule has 6 aromatic rings. The van der Waals surface area contributed by atoms with Gasteiger partial charge >= 0.3 is 14.2 Å². The zero-order chi connectivity index (χ0) is 78.3. The Morgan fingerprint density at radius 3 is 1.12 bits per heavy atom. The van der Waals surface area contributed by atoms with Crippen molar-refractivity contribution in [1.82, 2.24) is 24.9 Å². The molecule has 108 heavy (non-hydrogen) atoms. The van der Waals surface area contributed by atoms with Gasteiger partial charge in [0.1, 0.15) is 6.29 Å². The van der Waals surface area contributed by atoms with Gasteiger partial charge in [0.25, 0.3) is 17.7 Å². The van der Waals surface area contributed by atoms with Crippen molar-refractivity contribution in [2.24, 2.45) is 28.0 Å². The van der Waals surface area contributed by atoms with Gasteiger partial charge in [0, 0.05) is 81.4 Å². The Hall–Kier alpha value is -8.15. The third kappa shape index (κ3) is 30.7. The largest absolute Gasteiger partial charge is 0.488 e. The number of carbonyl (C=O) groups excluding carboxylic acids is 6. The van der Waals surface area contributed by atoms with Gasteiger partial charge < -0.3 is 101 Å². The monoisotopic (exact) mass is 1500 g/mol. The number of amides is 3. The molecule has 2 aromatic heterocycles. The highest BCUT2D eigenvalue weighted by Gasteiger charge is 2.37. The number of nitrogens with zero attached hydrogens (tertiary/aromatic N) is 4. The molecule has 0 radical (unpaired) electrons. The molecule has 0 fully saturated rings. The van der Waals surface area contributed by atoms with Crippen LogP contribution in [0.1, 0.15) is 151 Å². The number of hydrogen-bond donors (Lipinski definition) is 10. The van der Waals surface area contributed by atoms with E-state index in [1.54, 1.807) is 30.3 Å². The summed E-state index contributed by atoms with van der Waals surface area (Å²) in [6, 6.07) is 22.8. The Bertz CT molecular complexity index is 3740. The lowest BCUT2D eigenvalue weighted by molar-refractivity contribution is -0.0111. The minimum Gasteiger partial charge on any atom is -0.423 e. The molecular formula is C76H110B2N10O20. The second-order valence-corrected chi connectivity index (χ2v) is 27.3. The molecule has 0 atom stereocenters. The van der Waals surface area contributed by atoms with E-state index in [9.17, 15) is 28.8 Å². The van der Waals surface area contributed by atoms with Crippen LogP contribution in [0.15, 0.2) is 84.9 Å². The highest BCUT2D eigenvalue weighted by atomic mass is 16.6. The molecule has 8 rings (SSSR count). The number of rotatable bonds is 49. The van der Waals surface area contributed by atoms with E-state index < -0.39 is 26.1 Å². The summed E-state index contributed by atoms with van der Waals surface area (Å²) < 4.78 is 58.9. The number of carbonyl (C=O) groups is 6. The Kier molecular flexibility index (Phi) is 39.2. The van der Waals surface area contributed by atoms with Crippen LogP contribution in [0, 0.1) is 24.7 Å². The van der Waals surface area contributed by atoms with Gasteiger partial charge in [-0.1, -0.05) is 64.1 Å². The Morgan fingerprint density at radius 2 is 0.796 bits per heavy atom. The Labute approximate surface area is 632 Å². The summed E-state index contributed by atoms with van der Waals surface area (Å²) in [7, 11) is -3.02. The quantitative estimate of drug-likeness (QED) is 0.0148. The molecule has 30 nitrogen and oxygen atoms in total. The van der Waals surface area contributed by atoms with Gasteiger partial charge in [0.15, 0.2) is 11.6 Å². The summed E-state index contributed by atoms with van der Waals surface area (Å²) in [5.74, 6) is -1.05. The van der Waals surface area contributed by atoms with Crippen molar-refractivity contribution in [3.05, 3.63) is 141 Å². The van der Waals surface area contributed by atoms with E-state index in [-0.39, 0.29) is 28.3 Å². The number of Topliss-reactive ketones (excluding diaryl/α,β-unsaturated/α-hetero) is 2. The summed E-state index contributed by atoms with van der Waals surface area (Å²) in [4.78, 5) is 72.2. The zero-order valence-corrected chi connectivity index (χ0v) is 63.3. The van der Waals surface area contributed by atoms with E-state index in [1.807, 2.05) is 41.4 Å². The molecule has 0 saturated carbocycles. The maximum atomic E-state index is 12.9. The van der Waals surface area contributed by atoms with E-state index in [0.29, 0.717) is 252 Å². The number of benzene rings is 4. The number of aldehydes is 1. The standard InChI is InChI=1S/C38H54BN5O10.C31H49N5O7.C7H7BO3/c1-27-35-33(25-38(2,3)26-34(35)45)44(43-27)30-10-11-31(36(40)46)32(24-30)41-12-4-14-50-16-18-52-20-22-54-23-21-53-19-17-51-15-5-13-42-37(47)28-6-8-29(9-7-28)39(48)49;1-23-29-27(21-31(2,3)22-28(29)37)36(35-23)24-6-7-25(30(33)38)26(20-24)34-9-5-11-40-13-15-42-17-19-43-18-16-41-14-12-39-10-4-8-32;9-5-6-1-3-7(4-2-6)8(10)11/h6-11,24,41,48-49H,4-5,12-23,25-26H2,1-3H3,(H2,40,46)(H,42,47);6-7,20,34H,4-5,8-19,21-22,32H2,1-3H3,(H2,33,38);1-5,10-11H. The van der Waals surface area contributed by atoms with E-state index in [1.165, 1.54) is 36.4 Å². The maximum Gasteiger partial charge on any atom is 0.488 e. The first kappa shape index (κ1) is 88.7. The van der Waals surface area contributed by atoms with E-state index >= 15 is 0 Å². The average molecular weight is 1510 g/mol. The molecular weight excluding hydrogens is 1390 g/mol. The molecule has 3 amide bonds. The van der Waals surface area contributed by atoms with E-state index in [0.717, 1.165) is 54.1 Å². The van der Waals surface area contributed by atoms with Crippen LogP contribution in [0.4, 0.5) is 11.4 Å². The van der Waals surface area contributed by atoms with Crippen LogP contribution in [-0.4, -0.2) is 248 Å². The predicted octanol–water partition coefficient (Wildman–Crippen LogP) is 3.67. The van der Waals surface area contributed by atoms with Crippen LogP contribution in [0.25, 0.3) is 11.4 Å². The van der Waals surface area contributed by atoms with Crippen molar-refractivity contribution >= 4 is 72.1 Å². The molecule has 0 unspecified atom stereocenters. The van der Waals surface area contributed by atoms with Gasteiger partial charge in [-0.3, -0.25) is 28.8 Å². The first-order valence-electron chi connectivity index (χ1n) is 36.7. The highest BCUT2D eigenvalue weighted by Crippen LogP contribution is 2.39. The normalized spacial score (nSPS) is 13.3. The number of primary amides is 2. The highest BCUT2D eigenvalue weighted by molar-refractivity contribution is 6.59. The summed E-state index contributed by atoms with van der Waals surface area (Å²) in [6.07, 6.45) is 6.10. The van der Waals surface area contributed by atoms with Crippen molar-refractivity contribution in [2.45, 2.75) is 92.9 Å². The van der Waals surface area contributed by atoms with Crippen molar-refractivity contribution in [3.63, 3.8) is 0 Å². The maximum absolute atomic E-state index is 12.9. The molecule has 2 aliphatic carbocycles. The van der Waals surface area contributed by atoms with Crippen LogP contribution >= 0.6 is 0 Å².